The summed E-state index contributed by atoms with van der Waals surface area (Å²) in [5, 5.41) is -0.442. The fourth-order valence-corrected chi connectivity index (χ4v) is 4.22. The zero-order valence-corrected chi connectivity index (χ0v) is 16.0. The Hall–Kier alpha value is -2.61. The largest absolute Gasteiger partial charge is 0.494 e. The second kappa shape index (κ2) is 9.05. The SMILES string of the molecule is COc1ccc(CC(=O)OCC(=O)N2CCS[C@@H]2c2ccccc2F)cc1F. The standard InChI is InChI=1S/C20H19F2NO4S/c1-26-17-7-6-13(10-16(17)22)11-19(25)27-12-18(24)23-8-9-28-20(23)14-4-2-3-5-15(14)21/h2-7,10,20H,8-9,11-12H2,1H3/t20-/m1/s1. The quantitative estimate of drug-likeness (QED) is 0.688. The van der Waals surface area contributed by atoms with Crippen molar-refractivity contribution in [2.45, 2.75) is 11.8 Å². The third-order valence-electron chi connectivity index (χ3n) is 4.30. The minimum Gasteiger partial charge on any atom is -0.494 e. The fourth-order valence-electron chi connectivity index (χ4n) is 2.92. The molecule has 0 aromatic heterocycles. The predicted octanol–water partition coefficient (Wildman–Crippen LogP) is 3.33. The Labute approximate surface area is 165 Å². The number of amides is 1. The van der Waals surface area contributed by atoms with Gasteiger partial charge < -0.3 is 14.4 Å². The van der Waals surface area contributed by atoms with Gasteiger partial charge in [0, 0.05) is 17.9 Å². The molecule has 1 fully saturated rings. The summed E-state index contributed by atoms with van der Waals surface area (Å²) in [6.07, 6.45) is -0.167. The Kier molecular flexibility index (Phi) is 6.51. The number of thioether (sulfide) groups is 1. The molecule has 8 heteroatoms. The van der Waals surface area contributed by atoms with Crippen molar-refractivity contribution >= 4 is 23.6 Å². The molecule has 2 aromatic carbocycles. The van der Waals surface area contributed by atoms with Crippen LogP contribution in [-0.2, 0) is 20.7 Å². The lowest BCUT2D eigenvalue weighted by Crippen LogP contribution is -2.34. The summed E-state index contributed by atoms with van der Waals surface area (Å²) in [5.41, 5.74) is 0.843. The molecule has 0 spiro atoms. The van der Waals surface area contributed by atoms with Crippen molar-refractivity contribution in [2.75, 3.05) is 26.0 Å². The highest BCUT2D eigenvalue weighted by Crippen LogP contribution is 2.38. The van der Waals surface area contributed by atoms with Gasteiger partial charge in [-0.3, -0.25) is 9.59 Å². The topological polar surface area (TPSA) is 55.8 Å². The van der Waals surface area contributed by atoms with Gasteiger partial charge in [-0.1, -0.05) is 24.3 Å². The Morgan fingerprint density at radius 2 is 1.96 bits per heavy atom. The van der Waals surface area contributed by atoms with Gasteiger partial charge in [0.25, 0.3) is 5.91 Å². The first-order valence-electron chi connectivity index (χ1n) is 8.63. The van der Waals surface area contributed by atoms with Crippen molar-refractivity contribution in [3.8, 4) is 5.75 Å². The van der Waals surface area contributed by atoms with E-state index in [-0.39, 0.29) is 18.0 Å². The van der Waals surface area contributed by atoms with Crippen LogP contribution >= 0.6 is 11.8 Å². The molecule has 1 aliphatic heterocycles. The van der Waals surface area contributed by atoms with Crippen LogP contribution in [0.15, 0.2) is 42.5 Å². The molecule has 3 rings (SSSR count). The summed E-state index contributed by atoms with van der Waals surface area (Å²) in [4.78, 5) is 26.0. The fraction of sp³-hybridized carbons (Fsp3) is 0.300. The van der Waals surface area contributed by atoms with Crippen LogP contribution in [0.2, 0.25) is 0 Å². The van der Waals surface area contributed by atoms with E-state index in [4.69, 9.17) is 9.47 Å². The summed E-state index contributed by atoms with van der Waals surface area (Å²) < 4.78 is 37.6. The van der Waals surface area contributed by atoms with Gasteiger partial charge in [0.15, 0.2) is 18.2 Å². The van der Waals surface area contributed by atoms with Gasteiger partial charge in [-0.05, 0) is 23.8 Å². The third kappa shape index (κ3) is 4.62. The molecule has 0 saturated carbocycles. The summed E-state index contributed by atoms with van der Waals surface area (Å²) >= 11 is 1.46. The Bertz CT molecular complexity index is 877. The molecule has 0 bridgehead atoms. The van der Waals surface area contributed by atoms with E-state index in [9.17, 15) is 18.4 Å². The number of ether oxygens (including phenoxy) is 2. The van der Waals surface area contributed by atoms with E-state index in [0.29, 0.717) is 23.4 Å². The number of carbonyl (C=O) groups excluding carboxylic acids is 2. The van der Waals surface area contributed by atoms with Crippen molar-refractivity contribution in [3.05, 3.63) is 65.2 Å². The molecule has 1 atom stereocenters. The molecule has 28 heavy (non-hydrogen) atoms. The highest BCUT2D eigenvalue weighted by molar-refractivity contribution is 7.99. The van der Waals surface area contributed by atoms with Gasteiger partial charge in [0.1, 0.15) is 11.2 Å². The molecular weight excluding hydrogens is 388 g/mol. The summed E-state index contributed by atoms with van der Waals surface area (Å²) in [6, 6.07) is 10.5. The molecule has 2 aromatic rings. The van der Waals surface area contributed by atoms with Gasteiger partial charge >= 0.3 is 5.97 Å². The summed E-state index contributed by atoms with van der Waals surface area (Å²) in [5.74, 6) is -1.24. The van der Waals surface area contributed by atoms with Crippen molar-refractivity contribution < 1.29 is 27.8 Å². The maximum absolute atomic E-state index is 14.0. The van der Waals surface area contributed by atoms with Crippen LogP contribution < -0.4 is 4.74 Å². The molecule has 1 saturated heterocycles. The average Bonchev–Trinajstić information content (AvgIpc) is 3.16. The smallest absolute Gasteiger partial charge is 0.310 e. The third-order valence-corrected chi connectivity index (χ3v) is 5.55. The Morgan fingerprint density at radius 1 is 1.18 bits per heavy atom. The Morgan fingerprint density at radius 3 is 2.68 bits per heavy atom. The number of esters is 1. The Balaban J connectivity index is 1.56. The number of methoxy groups -OCH3 is 1. The van der Waals surface area contributed by atoms with Crippen LogP contribution in [0.25, 0.3) is 0 Å². The van der Waals surface area contributed by atoms with Gasteiger partial charge in [-0.15, -0.1) is 11.8 Å². The maximum Gasteiger partial charge on any atom is 0.310 e. The van der Waals surface area contributed by atoms with E-state index in [1.54, 1.807) is 24.3 Å². The van der Waals surface area contributed by atoms with Crippen molar-refractivity contribution in [3.63, 3.8) is 0 Å². The van der Waals surface area contributed by atoms with E-state index < -0.39 is 29.7 Å². The number of rotatable bonds is 6. The van der Waals surface area contributed by atoms with Crippen molar-refractivity contribution in [1.29, 1.82) is 0 Å². The molecule has 148 valence electrons. The molecule has 1 amide bonds. The molecule has 1 heterocycles. The van der Waals surface area contributed by atoms with Crippen LogP contribution in [0, 0.1) is 11.6 Å². The van der Waals surface area contributed by atoms with E-state index >= 15 is 0 Å². The minimum absolute atomic E-state index is 0.0815. The predicted molar refractivity (Wildman–Crippen MR) is 101 cm³/mol. The van der Waals surface area contributed by atoms with Crippen LogP contribution in [0.4, 0.5) is 8.78 Å². The lowest BCUT2D eigenvalue weighted by atomic mass is 10.1. The molecule has 1 aliphatic rings. The van der Waals surface area contributed by atoms with Crippen LogP contribution in [0.5, 0.6) is 5.75 Å². The lowest BCUT2D eigenvalue weighted by Gasteiger charge is -2.24. The zero-order chi connectivity index (χ0) is 20.1. The molecule has 5 nitrogen and oxygen atoms in total. The number of nitrogens with zero attached hydrogens (tertiary/aromatic N) is 1. The van der Waals surface area contributed by atoms with Gasteiger partial charge in [-0.25, -0.2) is 8.78 Å². The summed E-state index contributed by atoms with van der Waals surface area (Å²) in [7, 11) is 1.35. The lowest BCUT2D eigenvalue weighted by molar-refractivity contribution is -0.151. The van der Waals surface area contributed by atoms with Gasteiger partial charge in [0.2, 0.25) is 0 Å². The number of halogens is 2. The van der Waals surface area contributed by atoms with E-state index in [2.05, 4.69) is 0 Å². The molecular formula is C20H19F2NO4S. The van der Waals surface area contributed by atoms with E-state index in [0.717, 1.165) is 0 Å². The van der Waals surface area contributed by atoms with Crippen LogP contribution in [0.3, 0.4) is 0 Å². The number of hydrogen-bond acceptors (Lipinski definition) is 5. The monoisotopic (exact) mass is 407 g/mol. The normalized spacial score (nSPS) is 16.1. The highest BCUT2D eigenvalue weighted by atomic mass is 32.2. The highest BCUT2D eigenvalue weighted by Gasteiger charge is 2.32. The zero-order valence-electron chi connectivity index (χ0n) is 15.2. The molecule has 0 unspecified atom stereocenters. The molecule has 0 N–H and O–H groups in total. The van der Waals surface area contributed by atoms with Gasteiger partial charge in [-0.2, -0.15) is 0 Å². The average molecular weight is 407 g/mol. The minimum atomic E-state index is -0.646. The van der Waals surface area contributed by atoms with E-state index in [1.165, 1.54) is 42.0 Å². The first-order chi connectivity index (χ1) is 13.5. The van der Waals surface area contributed by atoms with Crippen LogP contribution in [-0.4, -0.2) is 42.8 Å². The number of benzene rings is 2. The second-order valence-electron chi connectivity index (χ2n) is 6.14. The summed E-state index contributed by atoms with van der Waals surface area (Å²) in [6.45, 7) is 0.00667. The van der Waals surface area contributed by atoms with E-state index in [1.807, 2.05) is 0 Å². The van der Waals surface area contributed by atoms with Gasteiger partial charge in [0.05, 0.1) is 13.5 Å². The number of hydrogen-bond donors (Lipinski definition) is 0. The second-order valence-corrected chi connectivity index (χ2v) is 7.33. The molecule has 0 aliphatic carbocycles. The van der Waals surface area contributed by atoms with Crippen molar-refractivity contribution in [1.82, 2.24) is 4.90 Å². The first-order valence-corrected chi connectivity index (χ1v) is 9.68. The maximum atomic E-state index is 14.0. The molecule has 0 radical (unpaired) electrons. The number of carbonyl (C=O) groups is 2. The van der Waals surface area contributed by atoms with Crippen LogP contribution in [0.1, 0.15) is 16.5 Å². The first kappa shape index (κ1) is 20.1. The van der Waals surface area contributed by atoms with Crippen molar-refractivity contribution in [2.24, 2.45) is 0 Å².